The Bertz CT molecular complexity index is 1250. The van der Waals surface area contributed by atoms with Crippen LogP contribution >= 0.6 is 11.3 Å². The van der Waals surface area contributed by atoms with Crippen LogP contribution in [0.4, 0.5) is 15.8 Å². The number of rotatable bonds is 4. The van der Waals surface area contributed by atoms with Crippen molar-refractivity contribution in [3.8, 4) is 5.75 Å². The van der Waals surface area contributed by atoms with Crippen molar-refractivity contribution in [1.82, 2.24) is 10.3 Å². The SMILES string of the molecule is Cc1ccc2c(N)c(C(=O)C[C@@H]3COc4cc(N5CC6CCC(C5)N6)cc(F)c4C3)sc2n1. The Balaban J connectivity index is 1.19. The largest absolute Gasteiger partial charge is 0.493 e. The van der Waals surface area contributed by atoms with E-state index in [9.17, 15) is 4.79 Å². The third kappa shape index (κ3) is 3.75. The number of anilines is 2. The van der Waals surface area contributed by atoms with Crippen LogP contribution in [-0.2, 0) is 6.42 Å². The van der Waals surface area contributed by atoms with Gasteiger partial charge in [0, 0.05) is 65.9 Å². The summed E-state index contributed by atoms with van der Waals surface area (Å²) < 4.78 is 21.1. The fourth-order valence-corrected chi connectivity index (χ4v) is 6.54. The van der Waals surface area contributed by atoms with Gasteiger partial charge in [-0.05, 0) is 44.4 Å². The molecule has 6 rings (SSSR count). The number of hydrogen-bond donors (Lipinski definition) is 2. The van der Waals surface area contributed by atoms with Gasteiger partial charge in [-0.3, -0.25) is 4.79 Å². The van der Waals surface area contributed by atoms with E-state index in [4.69, 9.17) is 10.5 Å². The van der Waals surface area contributed by atoms with Crippen LogP contribution in [0.15, 0.2) is 24.3 Å². The van der Waals surface area contributed by atoms with Crippen LogP contribution in [0.3, 0.4) is 0 Å². The van der Waals surface area contributed by atoms with Crippen molar-refractivity contribution in [3.05, 3.63) is 46.2 Å². The first kappa shape index (κ1) is 20.9. The Morgan fingerprint density at radius 2 is 2.09 bits per heavy atom. The van der Waals surface area contributed by atoms with Gasteiger partial charge in [-0.1, -0.05) is 0 Å². The Hall–Kier alpha value is -2.71. The second-order valence-electron chi connectivity index (χ2n) is 9.61. The number of nitrogen functional groups attached to an aromatic ring is 1. The summed E-state index contributed by atoms with van der Waals surface area (Å²) in [7, 11) is 0. The van der Waals surface area contributed by atoms with E-state index in [1.807, 2.05) is 25.1 Å². The van der Waals surface area contributed by atoms with Gasteiger partial charge in [0.1, 0.15) is 16.4 Å². The van der Waals surface area contributed by atoms with Gasteiger partial charge in [-0.25, -0.2) is 9.37 Å². The maximum atomic E-state index is 15.1. The van der Waals surface area contributed by atoms with Gasteiger partial charge in [0.25, 0.3) is 0 Å². The van der Waals surface area contributed by atoms with Crippen molar-refractivity contribution in [2.45, 2.75) is 44.7 Å². The molecule has 2 bridgehead atoms. The molecule has 8 heteroatoms. The van der Waals surface area contributed by atoms with Crippen LogP contribution in [0.1, 0.15) is 40.2 Å². The monoisotopic (exact) mass is 466 g/mol. The number of nitrogens with two attached hydrogens (primary N) is 1. The summed E-state index contributed by atoms with van der Waals surface area (Å²) >= 11 is 1.34. The molecule has 3 N–H and O–H groups in total. The molecule has 3 aliphatic rings. The molecular weight excluding hydrogens is 439 g/mol. The van der Waals surface area contributed by atoms with Crippen molar-refractivity contribution < 1.29 is 13.9 Å². The minimum Gasteiger partial charge on any atom is -0.493 e. The van der Waals surface area contributed by atoms with Gasteiger partial charge >= 0.3 is 0 Å². The van der Waals surface area contributed by atoms with E-state index >= 15 is 4.39 Å². The fourth-order valence-electron chi connectivity index (χ4n) is 5.45. The zero-order chi connectivity index (χ0) is 22.7. The number of pyridine rings is 1. The van der Waals surface area contributed by atoms with Crippen molar-refractivity contribution in [3.63, 3.8) is 0 Å². The number of benzene rings is 1. The number of fused-ring (bicyclic) bond motifs is 4. The van der Waals surface area contributed by atoms with Gasteiger partial charge in [-0.15, -0.1) is 11.3 Å². The van der Waals surface area contributed by atoms with Gasteiger partial charge in [0.05, 0.1) is 17.2 Å². The topological polar surface area (TPSA) is 80.5 Å². The van der Waals surface area contributed by atoms with Crippen LogP contribution in [-0.4, -0.2) is 42.5 Å². The lowest BCUT2D eigenvalue weighted by Crippen LogP contribution is -2.51. The lowest BCUT2D eigenvalue weighted by atomic mass is 9.91. The number of halogens is 1. The van der Waals surface area contributed by atoms with E-state index in [0.717, 1.165) is 34.7 Å². The molecule has 0 radical (unpaired) electrons. The predicted octanol–water partition coefficient (Wildman–Crippen LogP) is 4.09. The smallest absolute Gasteiger partial charge is 0.175 e. The predicted molar refractivity (Wildman–Crippen MR) is 129 cm³/mol. The molecule has 33 heavy (non-hydrogen) atoms. The number of carbonyl (C=O) groups excluding carboxylic acids is 1. The summed E-state index contributed by atoms with van der Waals surface area (Å²) in [4.78, 5) is 21.1. The van der Waals surface area contributed by atoms with Gasteiger partial charge in [-0.2, -0.15) is 0 Å². The molecule has 1 aromatic carbocycles. The van der Waals surface area contributed by atoms with E-state index in [-0.39, 0.29) is 23.9 Å². The second-order valence-corrected chi connectivity index (χ2v) is 10.6. The number of nitrogens with zero attached hydrogens (tertiary/aromatic N) is 2. The van der Waals surface area contributed by atoms with Crippen molar-refractivity contribution in [2.75, 3.05) is 30.3 Å². The maximum Gasteiger partial charge on any atom is 0.175 e. The molecule has 3 aliphatic heterocycles. The summed E-state index contributed by atoms with van der Waals surface area (Å²) in [5.41, 5.74) is 9.10. The number of piperazine rings is 1. The van der Waals surface area contributed by atoms with Crippen LogP contribution in [0.2, 0.25) is 0 Å². The maximum absolute atomic E-state index is 15.1. The average Bonchev–Trinajstić information content (AvgIpc) is 3.31. The van der Waals surface area contributed by atoms with E-state index in [1.54, 1.807) is 6.07 Å². The summed E-state index contributed by atoms with van der Waals surface area (Å²) in [6, 6.07) is 8.39. The third-order valence-electron chi connectivity index (χ3n) is 7.15. The highest BCUT2D eigenvalue weighted by molar-refractivity contribution is 7.21. The zero-order valence-electron chi connectivity index (χ0n) is 18.6. The summed E-state index contributed by atoms with van der Waals surface area (Å²) in [6.07, 6.45) is 3.13. The normalized spacial score (nSPS) is 24.1. The molecule has 172 valence electrons. The third-order valence-corrected chi connectivity index (χ3v) is 8.30. The van der Waals surface area contributed by atoms with Crippen molar-refractivity contribution >= 4 is 38.7 Å². The van der Waals surface area contributed by atoms with E-state index in [0.29, 0.717) is 47.0 Å². The molecule has 3 aromatic rings. The fraction of sp³-hybridized carbons (Fsp3) is 0.440. The second kappa shape index (κ2) is 7.95. The summed E-state index contributed by atoms with van der Waals surface area (Å²) in [5.74, 6) is 0.255. The molecular formula is C25H27FN4O2S. The molecule has 0 aliphatic carbocycles. The highest BCUT2D eigenvalue weighted by Gasteiger charge is 2.34. The van der Waals surface area contributed by atoms with E-state index < -0.39 is 0 Å². The molecule has 0 saturated carbocycles. The number of aromatic nitrogens is 1. The lowest BCUT2D eigenvalue weighted by Gasteiger charge is -2.35. The number of aryl methyl sites for hydroxylation is 1. The first-order chi connectivity index (χ1) is 15.9. The molecule has 6 nitrogen and oxygen atoms in total. The number of nitrogens with one attached hydrogen (secondary N) is 1. The molecule has 2 unspecified atom stereocenters. The molecule has 5 heterocycles. The molecule has 0 amide bonds. The van der Waals surface area contributed by atoms with Gasteiger partial charge < -0.3 is 20.7 Å². The average molecular weight is 467 g/mol. The Morgan fingerprint density at radius 3 is 2.88 bits per heavy atom. The number of ketones is 1. The van der Waals surface area contributed by atoms with Gasteiger partial charge in [0.15, 0.2) is 5.78 Å². The Kier molecular flexibility index (Phi) is 5.03. The molecule has 2 saturated heterocycles. The first-order valence-corrected chi connectivity index (χ1v) is 12.4. The van der Waals surface area contributed by atoms with E-state index in [2.05, 4.69) is 15.2 Å². The molecule has 2 fully saturated rings. The van der Waals surface area contributed by atoms with E-state index in [1.165, 1.54) is 24.2 Å². The zero-order valence-corrected chi connectivity index (χ0v) is 19.4. The van der Waals surface area contributed by atoms with Gasteiger partial charge in [0.2, 0.25) is 0 Å². The highest BCUT2D eigenvalue weighted by Crippen LogP contribution is 2.38. The minimum absolute atomic E-state index is 0.0291. The summed E-state index contributed by atoms with van der Waals surface area (Å²) in [5, 5.41) is 4.43. The standard InChI is InChI=1S/C25H27FN4O2S/c1-13-2-5-18-23(27)24(33-25(18)28-13)21(31)7-14-6-19-20(26)8-17(9-22(19)32-12-14)30-10-15-3-4-16(11-30)29-15/h2,5,8-9,14-16,29H,3-4,6-7,10-12,27H2,1H3/t14-,15?,16?/m1/s1. The van der Waals surface area contributed by atoms with Crippen molar-refractivity contribution in [1.29, 1.82) is 0 Å². The molecule has 3 atom stereocenters. The quantitative estimate of drug-likeness (QED) is 0.564. The number of carbonyl (C=O) groups is 1. The van der Waals surface area contributed by atoms with Crippen LogP contribution < -0.4 is 20.7 Å². The minimum atomic E-state index is -0.244. The summed E-state index contributed by atoms with van der Waals surface area (Å²) in [6.45, 7) is 4.12. The number of hydrogen-bond acceptors (Lipinski definition) is 7. The van der Waals surface area contributed by atoms with Crippen LogP contribution in [0.25, 0.3) is 10.2 Å². The number of ether oxygens (including phenoxy) is 1. The number of Topliss-reactive ketones (excluding diaryl/α,β-unsaturated/α-hetero) is 1. The van der Waals surface area contributed by atoms with Crippen LogP contribution in [0.5, 0.6) is 5.75 Å². The molecule has 0 spiro atoms. The first-order valence-electron chi connectivity index (χ1n) is 11.6. The number of thiophene rings is 1. The molecule has 2 aromatic heterocycles. The lowest BCUT2D eigenvalue weighted by molar-refractivity contribution is 0.0938. The van der Waals surface area contributed by atoms with Crippen molar-refractivity contribution in [2.24, 2.45) is 5.92 Å². The highest BCUT2D eigenvalue weighted by atomic mass is 32.1. The Labute approximate surface area is 195 Å². The van der Waals surface area contributed by atoms with Crippen LogP contribution in [0, 0.1) is 18.7 Å². The Morgan fingerprint density at radius 1 is 1.30 bits per heavy atom.